The number of nitrogens with zero attached hydrogens (tertiary/aromatic N) is 1. The third kappa shape index (κ3) is 2.46. The van der Waals surface area contributed by atoms with Crippen molar-refractivity contribution in [3.63, 3.8) is 0 Å². The minimum absolute atomic E-state index is 0.537. The van der Waals surface area contributed by atoms with Gasteiger partial charge in [-0.15, -0.1) is 0 Å². The Morgan fingerprint density at radius 1 is 1.33 bits per heavy atom. The van der Waals surface area contributed by atoms with Gasteiger partial charge in [0.05, 0.1) is 0 Å². The average Bonchev–Trinajstić information content (AvgIpc) is 2.31. The Kier molecular flexibility index (Phi) is 3.18. The molecule has 0 spiro atoms. The van der Waals surface area contributed by atoms with E-state index in [4.69, 9.17) is 0 Å². The molecule has 78 valence electrons. The smallest absolute Gasteiger partial charge is 0.109 e. The lowest BCUT2D eigenvalue weighted by atomic mass is 9.99. The summed E-state index contributed by atoms with van der Waals surface area (Å²) < 4.78 is 0. The Morgan fingerprint density at radius 2 is 2.13 bits per heavy atom. The zero-order chi connectivity index (χ0) is 10.5. The van der Waals surface area contributed by atoms with Gasteiger partial charge in [0.25, 0.3) is 0 Å². The number of aliphatic imine (C=N–C) groups is 1. The summed E-state index contributed by atoms with van der Waals surface area (Å²) >= 11 is 0. The average molecular weight is 200 g/mol. The van der Waals surface area contributed by atoms with E-state index in [9.17, 15) is 0 Å². The molecule has 1 atom stereocenters. The van der Waals surface area contributed by atoms with Gasteiger partial charge in [-0.25, -0.2) is 4.99 Å². The lowest BCUT2D eigenvalue weighted by Gasteiger charge is -2.19. The number of para-hydroxylation sites is 1. The highest BCUT2D eigenvalue weighted by atomic mass is 15.0. The van der Waals surface area contributed by atoms with Crippen LogP contribution in [0.5, 0.6) is 0 Å². The molecule has 0 fully saturated rings. The van der Waals surface area contributed by atoms with Crippen molar-refractivity contribution in [2.24, 2.45) is 10.9 Å². The van der Waals surface area contributed by atoms with Crippen molar-refractivity contribution in [3.05, 3.63) is 42.6 Å². The summed E-state index contributed by atoms with van der Waals surface area (Å²) in [6, 6.07) is 10.2. The second-order valence-corrected chi connectivity index (χ2v) is 3.73. The monoisotopic (exact) mass is 200 g/mol. The topological polar surface area (TPSA) is 24.4 Å². The SMILES string of the molecule is CCC1CC=CN=C1Nc1ccccc1. The molecule has 15 heavy (non-hydrogen) atoms. The number of rotatable bonds is 2. The first-order chi connectivity index (χ1) is 7.40. The maximum atomic E-state index is 4.40. The van der Waals surface area contributed by atoms with E-state index < -0.39 is 0 Å². The van der Waals surface area contributed by atoms with Gasteiger partial charge in [0.15, 0.2) is 0 Å². The lowest BCUT2D eigenvalue weighted by molar-refractivity contribution is 0.667. The van der Waals surface area contributed by atoms with Gasteiger partial charge in [-0.3, -0.25) is 0 Å². The largest absolute Gasteiger partial charge is 0.344 e. The molecule has 0 bridgehead atoms. The molecular weight excluding hydrogens is 184 g/mol. The van der Waals surface area contributed by atoms with Gasteiger partial charge < -0.3 is 5.32 Å². The van der Waals surface area contributed by atoms with Crippen molar-refractivity contribution in [2.45, 2.75) is 19.8 Å². The van der Waals surface area contributed by atoms with Gasteiger partial charge in [0.2, 0.25) is 0 Å². The molecule has 2 rings (SSSR count). The maximum absolute atomic E-state index is 4.40. The summed E-state index contributed by atoms with van der Waals surface area (Å²) in [5.41, 5.74) is 1.12. The normalized spacial score (nSPS) is 19.8. The van der Waals surface area contributed by atoms with Gasteiger partial charge in [0.1, 0.15) is 5.84 Å². The number of benzene rings is 1. The molecule has 1 aliphatic rings. The van der Waals surface area contributed by atoms with E-state index in [2.05, 4.69) is 35.4 Å². The molecule has 1 unspecified atom stereocenters. The standard InChI is InChI=1S/C13H16N2/c1-2-11-7-6-10-14-13(11)15-12-8-4-3-5-9-12/h3-6,8-11H,2,7H2,1H3,(H,14,15). The molecule has 0 saturated carbocycles. The quantitative estimate of drug-likeness (QED) is 0.777. The van der Waals surface area contributed by atoms with Crippen LogP contribution in [-0.4, -0.2) is 5.84 Å². The molecule has 0 radical (unpaired) electrons. The van der Waals surface area contributed by atoms with Crippen molar-refractivity contribution < 1.29 is 0 Å². The molecule has 1 aromatic rings. The molecule has 0 aromatic heterocycles. The molecule has 1 aromatic carbocycles. The lowest BCUT2D eigenvalue weighted by Crippen LogP contribution is -2.23. The summed E-state index contributed by atoms with van der Waals surface area (Å²) in [5, 5.41) is 3.38. The van der Waals surface area contributed by atoms with E-state index in [1.54, 1.807) is 0 Å². The van der Waals surface area contributed by atoms with E-state index >= 15 is 0 Å². The minimum atomic E-state index is 0.537. The fourth-order valence-electron chi connectivity index (χ4n) is 1.74. The first-order valence-electron chi connectivity index (χ1n) is 5.45. The van der Waals surface area contributed by atoms with Gasteiger partial charge in [-0.2, -0.15) is 0 Å². The Bertz CT molecular complexity index is 365. The number of allylic oxidation sites excluding steroid dienone is 1. The predicted molar refractivity (Wildman–Crippen MR) is 65.0 cm³/mol. The van der Waals surface area contributed by atoms with Gasteiger partial charge in [-0.1, -0.05) is 31.2 Å². The van der Waals surface area contributed by atoms with Gasteiger partial charge in [-0.05, 0) is 25.0 Å². The van der Waals surface area contributed by atoms with Crippen molar-refractivity contribution in [1.82, 2.24) is 0 Å². The zero-order valence-electron chi connectivity index (χ0n) is 8.98. The summed E-state index contributed by atoms with van der Waals surface area (Å²) in [7, 11) is 0. The molecule has 0 saturated heterocycles. The van der Waals surface area contributed by atoms with E-state index in [1.807, 2.05) is 24.4 Å². The highest BCUT2D eigenvalue weighted by Gasteiger charge is 2.14. The fraction of sp³-hybridized carbons (Fsp3) is 0.308. The molecule has 2 heteroatoms. The Hall–Kier alpha value is -1.57. The Morgan fingerprint density at radius 3 is 2.87 bits per heavy atom. The second kappa shape index (κ2) is 4.78. The van der Waals surface area contributed by atoms with Crippen molar-refractivity contribution in [2.75, 3.05) is 5.32 Å². The highest BCUT2D eigenvalue weighted by molar-refractivity contribution is 5.98. The number of hydrogen-bond donors (Lipinski definition) is 1. The van der Waals surface area contributed by atoms with E-state index in [0.717, 1.165) is 24.4 Å². The van der Waals surface area contributed by atoms with Gasteiger partial charge in [0, 0.05) is 17.8 Å². The fourth-order valence-corrected chi connectivity index (χ4v) is 1.74. The molecule has 0 amide bonds. The van der Waals surface area contributed by atoms with Crippen LogP contribution in [0.3, 0.4) is 0 Å². The molecule has 2 nitrogen and oxygen atoms in total. The van der Waals surface area contributed by atoms with Crippen LogP contribution in [-0.2, 0) is 0 Å². The van der Waals surface area contributed by atoms with Crippen molar-refractivity contribution in [1.29, 1.82) is 0 Å². The first-order valence-corrected chi connectivity index (χ1v) is 5.45. The van der Waals surface area contributed by atoms with E-state index in [0.29, 0.717) is 5.92 Å². The number of nitrogens with one attached hydrogen (secondary N) is 1. The molecule has 1 N–H and O–H groups in total. The summed E-state index contributed by atoms with van der Waals surface area (Å²) in [6.45, 7) is 2.20. The number of anilines is 1. The van der Waals surface area contributed by atoms with E-state index in [-0.39, 0.29) is 0 Å². The number of hydrogen-bond acceptors (Lipinski definition) is 2. The van der Waals surface area contributed by atoms with Crippen molar-refractivity contribution in [3.8, 4) is 0 Å². The third-order valence-electron chi connectivity index (χ3n) is 2.67. The van der Waals surface area contributed by atoms with E-state index in [1.165, 1.54) is 0 Å². The Balaban J connectivity index is 2.11. The van der Waals surface area contributed by atoms with Crippen LogP contribution in [0.25, 0.3) is 0 Å². The summed E-state index contributed by atoms with van der Waals surface area (Å²) in [6.07, 6.45) is 6.24. The van der Waals surface area contributed by atoms with Crippen LogP contribution in [0, 0.1) is 5.92 Å². The molecular formula is C13H16N2. The highest BCUT2D eigenvalue weighted by Crippen LogP contribution is 2.18. The van der Waals surface area contributed by atoms with Crippen LogP contribution in [0.4, 0.5) is 5.69 Å². The molecule has 1 heterocycles. The Labute approximate surface area is 90.7 Å². The minimum Gasteiger partial charge on any atom is -0.344 e. The van der Waals surface area contributed by atoms with Crippen molar-refractivity contribution >= 4 is 11.5 Å². The first kappa shape index (κ1) is 9.97. The molecule has 1 aliphatic heterocycles. The van der Waals surface area contributed by atoms with Gasteiger partial charge >= 0.3 is 0 Å². The maximum Gasteiger partial charge on any atom is 0.109 e. The number of amidine groups is 1. The summed E-state index contributed by atoms with van der Waals surface area (Å²) in [4.78, 5) is 4.40. The zero-order valence-corrected chi connectivity index (χ0v) is 8.98. The van der Waals surface area contributed by atoms with Crippen LogP contribution < -0.4 is 5.32 Å². The predicted octanol–water partition coefficient (Wildman–Crippen LogP) is 3.44. The summed E-state index contributed by atoms with van der Waals surface area (Å²) in [5.74, 6) is 1.63. The third-order valence-corrected chi connectivity index (χ3v) is 2.67. The second-order valence-electron chi connectivity index (χ2n) is 3.73. The van der Waals surface area contributed by atoms with Crippen LogP contribution >= 0.6 is 0 Å². The van der Waals surface area contributed by atoms with Crippen LogP contribution in [0.1, 0.15) is 19.8 Å². The van der Waals surface area contributed by atoms with Crippen LogP contribution in [0.15, 0.2) is 47.6 Å². The van der Waals surface area contributed by atoms with Crippen LogP contribution in [0.2, 0.25) is 0 Å². The molecule has 0 aliphatic carbocycles.